The van der Waals surface area contributed by atoms with Crippen molar-refractivity contribution < 1.29 is 4.79 Å². The maximum Gasteiger partial charge on any atom is 0.317 e. The molecular formula is C14H23N7O. The molecule has 0 saturated carbocycles. The number of aryl methyl sites for hydroxylation is 3. The standard InChI is InChI=1S/C14H23N7O/c1-10-8-11(2)21(18-10)7-6-19(4)14(22)17-12(3)13-15-9-16-20(13)5/h8-9,12H,6-7H2,1-5H3,(H,17,22)/t12-/m0/s1. The van der Waals surface area contributed by atoms with Gasteiger partial charge in [0.25, 0.3) is 0 Å². The summed E-state index contributed by atoms with van der Waals surface area (Å²) < 4.78 is 3.56. The summed E-state index contributed by atoms with van der Waals surface area (Å²) in [5.74, 6) is 0.722. The molecule has 0 aromatic carbocycles. The van der Waals surface area contributed by atoms with Crippen molar-refractivity contribution in [2.75, 3.05) is 13.6 Å². The second kappa shape index (κ2) is 6.59. The van der Waals surface area contributed by atoms with Crippen LogP contribution in [0.25, 0.3) is 0 Å². The van der Waals surface area contributed by atoms with Gasteiger partial charge in [-0.1, -0.05) is 0 Å². The van der Waals surface area contributed by atoms with Gasteiger partial charge in [-0.2, -0.15) is 10.2 Å². The molecule has 8 heteroatoms. The Bertz CT molecular complexity index is 645. The molecule has 0 saturated heterocycles. The molecule has 2 amide bonds. The molecule has 1 N–H and O–H groups in total. The van der Waals surface area contributed by atoms with Gasteiger partial charge in [-0.3, -0.25) is 9.36 Å². The van der Waals surface area contributed by atoms with Crippen LogP contribution in [0.15, 0.2) is 12.4 Å². The van der Waals surface area contributed by atoms with Gasteiger partial charge < -0.3 is 10.2 Å². The average Bonchev–Trinajstić information content (AvgIpc) is 3.01. The molecule has 0 fully saturated rings. The number of amides is 2. The van der Waals surface area contributed by atoms with Crippen LogP contribution in [0.4, 0.5) is 4.79 Å². The number of likely N-dealkylation sites (N-methyl/N-ethyl adjacent to an activating group) is 1. The maximum absolute atomic E-state index is 12.2. The lowest BCUT2D eigenvalue weighted by atomic mass is 10.3. The minimum Gasteiger partial charge on any atom is -0.328 e. The van der Waals surface area contributed by atoms with E-state index < -0.39 is 0 Å². The number of hydrogen-bond acceptors (Lipinski definition) is 4. The van der Waals surface area contributed by atoms with Crippen molar-refractivity contribution in [3.63, 3.8) is 0 Å². The highest BCUT2D eigenvalue weighted by atomic mass is 16.2. The maximum atomic E-state index is 12.2. The van der Waals surface area contributed by atoms with E-state index in [9.17, 15) is 4.79 Å². The summed E-state index contributed by atoms with van der Waals surface area (Å²) >= 11 is 0. The van der Waals surface area contributed by atoms with Crippen LogP contribution in [0.5, 0.6) is 0 Å². The van der Waals surface area contributed by atoms with Gasteiger partial charge >= 0.3 is 6.03 Å². The Morgan fingerprint density at radius 2 is 2.18 bits per heavy atom. The monoisotopic (exact) mass is 305 g/mol. The van der Waals surface area contributed by atoms with E-state index in [0.29, 0.717) is 13.1 Å². The van der Waals surface area contributed by atoms with E-state index in [1.54, 1.807) is 23.7 Å². The fourth-order valence-corrected chi connectivity index (χ4v) is 2.30. The zero-order chi connectivity index (χ0) is 16.3. The smallest absolute Gasteiger partial charge is 0.317 e. The van der Waals surface area contributed by atoms with Gasteiger partial charge in [0.05, 0.1) is 18.3 Å². The first-order valence-corrected chi connectivity index (χ1v) is 7.25. The molecule has 1 atom stereocenters. The Morgan fingerprint density at radius 1 is 1.45 bits per heavy atom. The summed E-state index contributed by atoms with van der Waals surface area (Å²) in [5, 5.41) is 11.3. The highest BCUT2D eigenvalue weighted by Crippen LogP contribution is 2.07. The molecule has 0 spiro atoms. The van der Waals surface area contributed by atoms with Crippen LogP contribution in [0.3, 0.4) is 0 Å². The Labute approximate surface area is 130 Å². The van der Waals surface area contributed by atoms with Crippen LogP contribution in [0, 0.1) is 13.8 Å². The minimum absolute atomic E-state index is 0.142. The van der Waals surface area contributed by atoms with Crippen LogP contribution in [-0.2, 0) is 13.6 Å². The van der Waals surface area contributed by atoms with E-state index in [2.05, 4.69) is 20.5 Å². The summed E-state index contributed by atoms with van der Waals surface area (Å²) in [6.45, 7) is 7.11. The number of aromatic nitrogens is 5. The highest BCUT2D eigenvalue weighted by Gasteiger charge is 2.16. The Balaban J connectivity index is 1.87. The van der Waals surface area contributed by atoms with Gasteiger partial charge in [0, 0.05) is 26.3 Å². The molecule has 2 heterocycles. The third-order valence-electron chi connectivity index (χ3n) is 3.57. The third kappa shape index (κ3) is 3.63. The van der Waals surface area contributed by atoms with Crippen molar-refractivity contribution in [3.8, 4) is 0 Å². The fraction of sp³-hybridized carbons (Fsp3) is 0.571. The van der Waals surface area contributed by atoms with Gasteiger partial charge in [0.1, 0.15) is 12.2 Å². The number of hydrogen-bond donors (Lipinski definition) is 1. The van der Waals surface area contributed by atoms with E-state index in [0.717, 1.165) is 17.2 Å². The second-order valence-electron chi connectivity index (χ2n) is 5.48. The fourth-order valence-electron chi connectivity index (χ4n) is 2.30. The zero-order valence-corrected chi connectivity index (χ0v) is 13.7. The molecule has 2 rings (SSSR count). The summed E-state index contributed by atoms with van der Waals surface area (Å²) in [6.07, 6.45) is 1.48. The molecule has 22 heavy (non-hydrogen) atoms. The molecule has 120 valence electrons. The minimum atomic E-state index is -0.198. The van der Waals surface area contributed by atoms with Crippen LogP contribution in [0.2, 0.25) is 0 Å². The second-order valence-corrected chi connectivity index (χ2v) is 5.48. The number of nitrogens with one attached hydrogen (secondary N) is 1. The molecule has 2 aromatic heterocycles. The lowest BCUT2D eigenvalue weighted by Crippen LogP contribution is -2.40. The van der Waals surface area contributed by atoms with Crippen molar-refractivity contribution >= 4 is 6.03 Å². The first kappa shape index (κ1) is 16.0. The van der Waals surface area contributed by atoms with Crippen LogP contribution in [-0.4, -0.2) is 49.1 Å². The van der Waals surface area contributed by atoms with E-state index >= 15 is 0 Å². The van der Waals surface area contributed by atoms with Gasteiger partial charge in [-0.25, -0.2) is 9.78 Å². The van der Waals surface area contributed by atoms with Crippen molar-refractivity contribution in [1.29, 1.82) is 0 Å². The molecule has 0 unspecified atom stereocenters. The Morgan fingerprint density at radius 3 is 2.73 bits per heavy atom. The predicted octanol–water partition coefficient (Wildman–Crippen LogP) is 1.03. The SMILES string of the molecule is Cc1cc(C)n(CCN(C)C(=O)N[C@@H](C)c2ncnn2C)n1. The summed E-state index contributed by atoms with van der Waals surface area (Å²) in [5.41, 5.74) is 2.08. The van der Waals surface area contributed by atoms with Crippen LogP contribution < -0.4 is 5.32 Å². The Kier molecular flexibility index (Phi) is 4.79. The average molecular weight is 305 g/mol. The van der Waals surface area contributed by atoms with E-state index in [1.165, 1.54) is 6.33 Å². The van der Waals surface area contributed by atoms with Crippen molar-refractivity contribution in [2.24, 2.45) is 7.05 Å². The number of nitrogens with zero attached hydrogens (tertiary/aromatic N) is 6. The molecule has 0 aliphatic carbocycles. The number of rotatable bonds is 5. The first-order chi connectivity index (χ1) is 10.4. The van der Waals surface area contributed by atoms with Gasteiger partial charge in [0.15, 0.2) is 0 Å². The van der Waals surface area contributed by atoms with E-state index in [1.807, 2.05) is 31.5 Å². The molecule has 8 nitrogen and oxygen atoms in total. The molecular weight excluding hydrogens is 282 g/mol. The number of carbonyl (C=O) groups excluding carboxylic acids is 1. The van der Waals surface area contributed by atoms with Crippen molar-refractivity contribution in [1.82, 2.24) is 34.8 Å². The summed E-state index contributed by atoms with van der Waals surface area (Å²) in [6, 6.07) is 1.68. The predicted molar refractivity (Wildman–Crippen MR) is 82.3 cm³/mol. The molecule has 0 bridgehead atoms. The highest BCUT2D eigenvalue weighted by molar-refractivity contribution is 5.74. The quantitative estimate of drug-likeness (QED) is 0.894. The van der Waals surface area contributed by atoms with Gasteiger partial charge in [-0.15, -0.1) is 0 Å². The number of urea groups is 1. The summed E-state index contributed by atoms with van der Waals surface area (Å²) in [4.78, 5) is 18.0. The molecule has 2 aromatic rings. The van der Waals surface area contributed by atoms with Gasteiger partial charge in [-0.05, 0) is 26.8 Å². The number of carbonyl (C=O) groups is 1. The Hall–Kier alpha value is -2.38. The largest absolute Gasteiger partial charge is 0.328 e. The lowest BCUT2D eigenvalue weighted by molar-refractivity contribution is 0.202. The van der Waals surface area contributed by atoms with E-state index in [-0.39, 0.29) is 12.1 Å². The molecule has 0 radical (unpaired) electrons. The van der Waals surface area contributed by atoms with Crippen molar-refractivity contribution in [3.05, 3.63) is 29.6 Å². The van der Waals surface area contributed by atoms with Crippen LogP contribution in [0.1, 0.15) is 30.2 Å². The zero-order valence-electron chi connectivity index (χ0n) is 13.7. The lowest BCUT2D eigenvalue weighted by Gasteiger charge is -2.21. The van der Waals surface area contributed by atoms with E-state index in [4.69, 9.17) is 0 Å². The van der Waals surface area contributed by atoms with Gasteiger partial charge in [0.2, 0.25) is 0 Å². The molecule has 0 aliphatic heterocycles. The van der Waals surface area contributed by atoms with Crippen LogP contribution >= 0.6 is 0 Å². The van der Waals surface area contributed by atoms with Crippen molar-refractivity contribution in [2.45, 2.75) is 33.4 Å². The molecule has 0 aliphatic rings. The summed E-state index contributed by atoms with van der Waals surface area (Å²) in [7, 11) is 3.57. The topological polar surface area (TPSA) is 80.9 Å². The first-order valence-electron chi connectivity index (χ1n) is 7.25. The third-order valence-corrected chi connectivity index (χ3v) is 3.57. The normalized spacial score (nSPS) is 12.2.